The normalized spacial score (nSPS) is 14.2. The van der Waals surface area contributed by atoms with E-state index >= 15 is 0 Å². The average molecular weight is 230 g/mol. The number of hydrogen-bond acceptors (Lipinski definition) is 1. The summed E-state index contributed by atoms with van der Waals surface area (Å²) in [4.78, 5) is 0. The molecular weight excluding hydrogens is 215 g/mol. The maximum Gasteiger partial charge on any atom is 0.233 e. The van der Waals surface area contributed by atoms with Gasteiger partial charge in [-0.25, -0.2) is 4.39 Å². The smallest absolute Gasteiger partial charge is 0.233 e. The van der Waals surface area contributed by atoms with Crippen molar-refractivity contribution < 1.29 is 9.50 Å². The van der Waals surface area contributed by atoms with Crippen LogP contribution in [-0.4, -0.2) is 5.11 Å². The van der Waals surface area contributed by atoms with Gasteiger partial charge in [-0.3, -0.25) is 0 Å². The predicted molar refractivity (Wildman–Crippen MR) is 66.2 cm³/mol. The molecule has 2 aromatic carbocycles. The van der Waals surface area contributed by atoms with Crippen LogP contribution >= 0.6 is 0 Å². The Balaban J connectivity index is 2.03. The zero-order valence-corrected chi connectivity index (χ0v) is 9.51. The Labute approximate surface area is 101 Å². The third-order valence-electron chi connectivity index (χ3n) is 2.80. The molecule has 0 radical (unpaired) electrons. The van der Waals surface area contributed by atoms with E-state index < -0.39 is 5.85 Å². The Hall–Kier alpha value is -1.67. The summed E-state index contributed by atoms with van der Waals surface area (Å²) in [5.41, 5.74) is 1.34. The topological polar surface area (TPSA) is 20.2 Å². The van der Waals surface area contributed by atoms with Gasteiger partial charge in [0.1, 0.15) is 0 Å². The summed E-state index contributed by atoms with van der Waals surface area (Å²) < 4.78 is 14.1. The molecule has 0 saturated carbocycles. The molecule has 17 heavy (non-hydrogen) atoms. The van der Waals surface area contributed by atoms with E-state index in [1.165, 1.54) is 0 Å². The lowest BCUT2D eigenvalue weighted by molar-refractivity contribution is -0.102. The number of rotatable bonds is 4. The van der Waals surface area contributed by atoms with E-state index in [1.54, 1.807) is 30.3 Å². The minimum absolute atomic E-state index is 0.0705. The van der Waals surface area contributed by atoms with Crippen molar-refractivity contribution in [2.45, 2.75) is 18.7 Å². The molecule has 1 unspecified atom stereocenters. The maximum absolute atomic E-state index is 14.1. The fraction of sp³-hybridized carbons (Fsp3) is 0.200. The van der Waals surface area contributed by atoms with Crippen molar-refractivity contribution in [1.82, 2.24) is 0 Å². The first-order chi connectivity index (χ1) is 8.18. The van der Waals surface area contributed by atoms with Crippen LogP contribution in [0.5, 0.6) is 0 Å². The SMILES string of the molecule is OC(F)(CCc1ccccc1)c1ccccc1. The Morgan fingerprint density at radius 1 is 0.882 bits per heavy atom. The lowest BCUT2D eigenvalue weighted by Crippen LogP contribution is -2.20. The van der Waals surface area contributed by atoms with Gasteiger partial charge in [-0.2, -0.15) is 0 Å². The van der Waals surface area contributed by atoms with Gasteiger partial charge in [0, 0.05) is 12.0 Å². The van der Waals surface area contributed by atoms with E-state index in [9.17, 15) is 9.50 Å². The largest absolute Gasteiger partial charge is 0.358 e. The highest BCUT2D eigenvalue weighted by atomic mass is 19.2. The molecule has 0 spiro atoms. The average Bonchev–Trinajstić information content (AvgIpc) is 2.39. The van der Waals surface area contributed by atoms with Gasteiger partial charge in [-0.1, -0.05) is 60.7 Å². The van der Waals surface area contributed by atoms with Gasteiger partial charge >= 0.3 is 0 Å². The van der Waals surface area contributed by atoms with Gasteiger partial charge in [0.25, 0.3) is 0 Å². The second-order valence-electron chi connectivity index (χ2n) is 4.11. The van der Waals surface area contributed by atoms with Crippen LogP contribution < -0.4 is 0 Å². The fourth-order valence-corrected chi connectivity index (χ4v) is 1.79. The second kappa shape index (κ2) is 5.11. The molecule has 2 rings (SSSR count). The monoisotopic (exact) mass is 230 g/mol. The standard InChI is InChI=1S/C15H15FO/c16-15(17,14-9-5-2-6-10-14)12-11-13-7-3-1-4-8-13/h1-10,17H,11-12H2. The highest BCUT2D eigenvalue weighted by molar-refractivity contribution is 5.21. The first kappa shape index (κ1) is 11.8. The summed E-state index contributed by atoms with van der Waals surface area (Å²) >= 11 is 0. The molecule has 1 nitrogen and oxygen atoms in total. The quantitative estimate of drug-likeness (QED) is 0.853. The molecular formula is C15H15FO. The van der Waals surface area contributed by atoms with Gasteiger partial charge in [0.05, 0.1) is 0 Å². The van der Waals surface area contributed by atoms with Crippen LogP contribution in [0.1, 0.15) is 17.5 Å². The van der Waals surface area contributed by atoms with Crippen molar-refractivity contribution in [1.29, 1.82) is 0 Å². The Morgan fingerprint density at radius 2 is 1.41 bits per heavy atom. The lowest BCUT2D eigenvalue weighted by atomic mass is 9.99. The Bertz CT molecular complexity index is 451. The predicted octanol–water partition coefficient (Wildman–Crippen LogP) is 3.43. The summed E-state index contributed by atoms with van der Waals surface area (Å²) in [6, 6.07) is 18.1. The van der Waals surface area contributed by atoms with Crippen LogP contribution in [0.25, 0.3) is 0 Å². The number of benzene rings is 2. The molecule has 0 aliphatic carbocycles. The number of alkyl halides is 1. The van der Waals surface area contributed by atoms with Crippen molar-refractivity contribution in [2.75, 3.05) is 0 Å². The van der Waals surface area contributed by atoms with E-state index in [0.717, 1.165) is 5.56 Å². The fourth-order valence-electron chi connectivity index (χ4n) is 1.79. The number of aryl methyl sites for hydroxylation is 1. The van der Waals surface area contributed by atoms with E-state index in [1.807, 2.05) is 30.3 Å². The van der Waals surface area contributed by atoms with Crippen molar-refractivity contribution in [2.24, 2.45) is 0 Å². The molecule has 2 heteroatoms. The van der Waals surface area contributed by atoms with E-state index in [2.05, 4.69) is 0 Å². The van der Waals surface area contributed by atoms with Gasteiger partial charge < -0.3 is 5.11 Å². The summed E-state index contributed by atoms with van der Waals surface area (Å²) in [6.45, 7) is 0. The molecule has 88 valence electrons. The summed E-state index contributed by atoms with van der Waals surface area (Å²) in [5.74, 6) is -2.25. The van der Waals surface area contributed by atoms with Crippen molar-refractivity contribution in [3.8, 4) is 0 Å². The minimum atomic E-state index is -2.25. The molecule has 0 amide bonds. The molecule has 0 bridgehead atoms. The van der Waals surface area contributed by atoms with Crippen LogP contribution in [-0.2, 0) is 12.3 Å². The molecule has 0 fully saturated rings. The highest BCUT2D eigenvalue weighted by Crippen LogP contribution is 2.27. The maximum atomic E-state index is 14.1. The summed E-state index contributed by atoms with van der Waals surface area (Å²) in [7, 11) is 0. The molecule has 0 aliphatic rings. The summed E-state index contributed by atoms with van der Waals surface area (Å²) in [5, 5.41) is 9.78. The molecule has 0 aliphatic heterocycles. The van der Waals surface area contributed by atoms with Crippen LogP contribution in [0.3, 0.4) is 0 Å². The third kappa shape index (κ3) is 3.14. The zero-order valence-electron chi connectivity index (χ0n) is 9.51. The van der Waals surface area contributed by atoms with E-state index in [0.29, 0.717) is 12.0 Å². The van der Waals surface area contributed by atoms with Crippen LogP contribution in [0.2, 0.25) is 0 Å². The molecule has 0 heterocycles. The number of halogens is 1. The van der Waals surface area contributed by atoms with E-state index in [4.69, 9.17) is 0 Å². The molecule has 1 atom stereocenters. The third-order valence-corrected chi connectivity index (χ3v) is 2.80. The summed E-state index contributed by atoms with van der Waals surface area (Å²) in [6.07, 6.45) is 0.587. The Kier molecular flexibility index (Phi) is 3.55. The van der Waals surface area contributed by atoms with Gasteiger partial charge in [0.15, 0.2) is 0 Å². The van der Waals surface area contributed by atoms with Crippen molar-refractivity contribution in [3.63, 3.8) is 0 Å². The van der Waals surface area contributed by atoms with Crippen LogP contribution in [0.15, 0.2) is 60.7 Å². The second-order valence-corrected chi connectivity index (χ2v) is 4.11. The van der Waals surface area contributed by atoms with Gasteiger partial charge in [-0.15, -0.1) is 0 Å². The molecule has 0 saturated heterocycles. The molecule has 2 aromatic rings. The zero-order chi connectivity index (χ0) is 12.1. The van der Waals surface area contributed by atoms with Crippen LogP contribution in [0.4, 0.5) is 4.39 Å². The number of aliphatic hydroxyl groups is 1. The molecule has 1 N–H and O–H groups in total. The first-order valence-electron chi connectivity index (χ1n) is 5.69. The molecule has 0 aromatic heterocycles. The van der Waals surface area contributed by atoms with Crippen molar-refractivity contribution in [3.05, 3.63) is 71.8 Å². The lowest BCUT2D eigenvalue weighted by Gasteiger charge is -2.19. The van der Waals surface area contributed by atoms with Gasteiger partial charge in [-0.05, 0) is 12.0 Å². The highest BCUT2D eigenvalue weighted by Gasteiger charge is 2.27. The number of hydrogen-bond donors (Lipinski definition) is 1. The Morgan fingerprint density at radius 3 is 2.00 bits per heavy atom. The van der Waals surface area contributed by atoms with Crippen molar-refractivity contribution >= 4 is 0 Å². The van der Waals surface area contributed by atoms with Crippen LogP contribution in [0, 0.1) is 0 Å². The first-order valence-corrected chi connectivity index (χ1v) is 5.69. The minimum Gasteiger partial charge on any atom is -0.358 e. The van der Waals surface area contributed by atoms with Gasteiger partial charge in [0.2, 0.25) is 5.85 Å². The van der Waals surface area contributed by atoms with E-state index in [-0.39, 0.29) is 6.42 Å².